The number of likely N-dealkylation sites (N-methyl/N-ethyl adjacent to an activating group) is 1. The zero-order chi connectivity index (χ0) is 19.4. The van der Waals surface area contributed by atoms with Crippen molar-refractivity contribution in [3.8, 4) is 0 Å². The number of rotatable bonds is 5. The Kier molecular flexibility index (Phi) is 5.41. The molecular formula is C16H19N7O4. The number of nitrogens with zero attached hydrogens (tertiary/aromatic N) is 6. The van der Waals surface area contributed by atoms with Gasteiger partial charge in [-0.25, -0.2) is 10.1 Å². The number of aromatic nitrogens is 2. The molecule has 1 fully saturated rings. The molecule has 0 spiro atoms. The summed E-state index contributed by atoms with van der Waals surface area (Å²) in [5.41, 5.74) is 3.74. The number of hydrazone groups is 1. The number of carbonyl (C=O) groups is 1. The van der Waals surface area contributed by atoms with Crippen molar-refractivity contribution < 1.29 is 14.3 Å². The molecule has 142 valence electrons. The largest absolute Gasteiger partial charge is 0.363 e. The van der Waals surface area contributed by atoms with E-state index in [4.69, 9.17) is 0 Å². The highest BCUT2D eigenvalue weighted by atomic mass is 16.6. The monoisotopic (exact) mass is 373 g/mol. The second-order valence-corrected chi connectivity index (χ2v) is 6.19. The lowest BCUT2D eigenvalue weighted by molar-refractivity contribution is -0.384. The summed E-state index contributed by atoms with van der Waals surface area (Å²) in [6, 6.07) is 4.86. The van der Waals surface area contributed by atoms with Crippen LogP contribution < -0.4 is 10.3 Å². The third kappa shape index (κ3) is 4.26. The van der Waals surface area contributed by atoms with Gasteiger partial charge < -0.3 is 9.80 Å². The van der Waals surface area contributed by atoms with E-state index in [-0.39, 0.29) is 11.4 Å². The highest BCUT2D eigenvalue weighted by Gasteiger charge is 2.22. The first-order valence-electron chi connectivity index (χ1n) is 8.30. The summed E-state index contributed by atoms with van der Waals surface area (Å²) in [5, 5.41) is 22.3. The van der Waals surface area contributed by atoms with Crippen LogP contribution in [0.4, 0.5) is 11.4 Å². The van der Waals surface area contributed by atoms with Crippen molar-refractivity contribution >= 4 is 23.5 Å². The van der Waals surface area contributed by atoms with Gasteiger partial charge in [0.05, 0.1) is 11.1 Å². The topological polar surface area (TPSA) is 130 Å². The Balaban J connectivity index is 1.73. The van der Waals surface area contributed by atoms with Crippen LogP contribution in [0.15, 0.2) is 27.9 Å². The fraction of sp³-hybridized carbons (Fsp3) is 0.375. The van der Waals surface area contributed by atoms with E-state index in [2.05, 4.69) is 30.4 Å². The minimum absolute atomic E-state index is 0.00590. The number of anilines is 1. The predicted octanol–water partition coefficient (Wildman–Crippen LogP) is 0.802. The fourth-order valence-electron chi connectivity index (χ4n) is 2.74. The Labute approximate surface area is 154 Å². The van der Waals surface area contributed by atoms with E-state index in [1.807, 2.05) is 11.9 Å². The number of amides is 1. The second kappa shape index (κ2) is 7.91. The molecule has 27 heavy (non-hydrogen) atoms. The van der Waals surface area contributed by atoms with Crippen molar-refractivity contribution in [1.82, 2.24) is 20.6 Å². The minimum Gasteiger partial charge on any atom is -0.363 e. The number of carbonyl (C=O) groups excluding carboxylic acids is 1. The molecule has 2 heterocycles. The lowest BCUT2D eigenvalue weighted by Gasteiger charge is -2.33. The van der Waals surface area contributed by atoms with Gasteiger partial charge in [-0.15, -0.1) is 0 Å². The van der Waals surface area contributed by atoms with Crippen LogP contribution in [-0.4, -0.2) is 65.5 Å². The highest BCUT2D eigenvalue weighted by molar-refractivity contribution is 5.94. The molecule has 11 heteroatoms. The first-order chi connectivity index (χ1) is 13.0. The Morgan fingerprint density at radius 1 is 1.33 bits per heavy atom. The summed E-state index contributed by atoms with van der Waals surface area (Å²) in [6.45, 7) is 4.73. The predicted molar refractivity (Wildman–Crippen MR) is 96.9 cm³/mol. The molecular weight excluding hydrogens is 354 g/mol. The van der Waals surface area contributed by atoms with Crippen molar-refractivity contribution in [3.63, 3.8) is 0 Å². The van der Waals surface area contributed by atoms with Gasteiger partial charge in [0.15, 0.2) is 5.69 Å². The van der Waals surface area contributed by atoms with Crippen LogP contribution in [0.2, 0.25) is 0 Å². The summed E-state index contributed by atoms with van der Waals surface area (Å²) >= 11 is 0. The first kappa shape index (κ1) is 18.5. The molecule has 1 aromatic carbocycles. The van der Waals surface area contributed by atoms with Gasteiger partial charge in [0, 0.05) is 37.8 Å². The lowest BCUT2D eigenvalue weighted by Crippen LogP contribution is -2.44. The average Bonchev–Trinajstić information content (AvgIpc) is 3.08. The number of nitrogens with one attached hydrogen (secondary N) is 1. The molecule has 11 nitrogen and oxygen atoms in total. The zero-order valence-electron chi connectivity index (χ0n) is 15.0. The summed E-state index contributed by atoms with van der Waals surface area (Å²) in [7, 11) is 2.02. The fourth-order valence-corrected chi connectivity index (χ4v) is 2.74. The smallest absolute Gasteiger partial charge is 0.295 e. The summed E-state index contributed by atoms with van der Waals surface area (Å²) in [5.74, 6) is -0.575. The van der Waals surface area contributed by atoms with Crippen molar-refractivity contribution in [2.24, 2.45) is 5.10 Å². The van der Waals surface area contributed by atoms with Gasteiger partial charge >= 0.3 is 0 Å². The number of nitro benzene ring substituents is 1. The van der Waals surface area contributed by atoms with E-state index in [1.165, 1.54) is 12.3 Å². The van der Waals surface area contributed by atoms with E-state index < -0.39 is 10.8 Å². The molecule has 0 radical (unpaired) electrons. The molecule has 0 saturated carbocycles. The van der Waals surface area contributed by atoms with E-state index in [1.54, 1.807) is 19.1 Å². The SMILES string of the molecule is Cc1nonc1C(=O)N/N=C/c1ccc(N2CCN(C)CC2)c([N+](=O)[O-])c1. The van der Waals surface area contributed by atoms with Crippen molar-refractivity contribution in [2.75, 3.05) is 38.1 Å². The molecule has 1 aliphatic heterocycles. The van der Waals surface area contributed by atoms with Crippen LogP contribution in [0, 0.1) is 17.0 Å². The number of hydrogen-bond acceptors (Lipinski definition) is 9. The van der Waals surface area contributed by atoms with Gasteiger partial charge in [-0.1, -0.05) is 11.2 Å². The molecule has 0 atom stereocenters. The number of aryl methyl sites for hydroxylation is 1. The first-order valence-corrected chi connectivity index (χ1v) is 8.30. The zero-order valence-corrected chi connectivity index (χ0v) is 15.0. The van der Waals surface area contributed by atoms with Crippen molar-refractivity contribution in [1.29, 1.82) is 0 Å². The Bertz CT molecular complexity index is 871. The maximum atomic E-state index is 11.9. The molecule has 0 bridgehead atoms. The number of hydrogen-bond donors (Lipinski definition) is 1. The molecule has 1 saturated heterocycles. The number of piperazine rings is 1. The van der Waals surface area contributed by atoms with Gasteiger partial charge in [-0.3, -0.25) is 14.9 Å². The van der Waals surface area contributed by atoms with Crippen LogP contribution in [0.3, 0.4) is 0 Å². The standard InChI is InChI=1S/C16H19N7O4/c1-11-15(20-27-19-11)16(24)18-17-10-12-3-4-13(14(9-12)23(25)26)22-7-5-21(2)6-8-22/h3-4,9-10H,5-8H2,1-2H3,(H,18,24)/b17-10+. The van der Waals surface area contributed by atoms with Crippen LogP contribution >= 0.6 is 0 Å². The summed E-state index contributed by atoms with van der Waals surface area (Å²) in [4.78, 5) is 27.1. The van der Waals surface area contributed by atoms with Crippen LogP contribution in [0.25, 0.3) is 0 Å². The van der Waals surface area contributed by atoms with E-state index in [9.17, 15) is 14.9 Å². The number of benzene rings is 1. The van der Waals surface area contributed by atoms with Crippen molar-refractivity contribution in [2.45, 2.75) is 6.92 Å². The van der Waals surface area contributed by atoms with Gasteiger partial charge in [0.25, 0.3) is 11.6 Å². The normalized spacial score (nSPS) is 15.3. The maximum absolute atomic E-state index is 11.9. The van der Waals surface area contributed by atoms with Gasteiger partial charge in [-0.2, -0.15) is 5.10 Å². The average molecular weight is 373 g/mol. The maximum Gasteiger partial charge on any atom is 0.295 e. The highest BCUT2D eigenvalue weighted by Crippen LogP contribution is 2.29. The molecule has 1 aliphatic rings. The molecule has 2 aromatic rings. The van der Waals surface area contributed by atoms with Gasteiger partial charge in [0.2, 0.25) is 0 Å². The van der Waals surface area contributed by atoms with Crippen LogP contribution in [-0.2, 0) is 0 Å². The number of nitro groups is 1. The van der Waals surface area contributed by atoms with E-state index in [0.717, 1.165) is 26.2 Å². The molecule has 1 N–H and O–H groups in total. The van der Waals surface area contributed by atoms with Gasteiger partial charge in [0.1, 0.15) is 11.4 Å². The van der Waals surface area contributed by atoms with Crippen molar-refractivity contribution in [3.05, 3.63) is 45.3 Å². The molecule has 3 rings (SSSR count). The molecule has 1 amide bonds. The molecule has 0 unspecified atom stereocenters. The quantitative estimate of drug-likeness (QED) is 0.463. The van der Waals surface area contributed by atoms with Crippen LogP contribution in [0.5, 0.6) is 0 Å². The lowest BCUT2D eigenvalue weighted by atomic mass is 10.1. The summed E-state index contributed by atoms with van der Waals surface area (Å²) < 4.78 is 4.46. The van der Waals surface area contributed by atoms with Crippen LogP contribution in [0.1, 0.15) is 21.7 Å². The second-order valence-electron chi connectivity index (χ2n) is 6.19. The van der Waals surface area contributed by atoms with Gasteiger partial charge in [-0.05, 0) is 25.2 Å². The third-order valence-corrected chi connectivity index (χ3v) is 4.29. The third-order valence-electron chi connectivity index (χ3n) is 4.29. The van der Waals surface area contributed by atoms with E-state index in [0.29, 0.717) is 16.9 Å². The molecule has 1 aromatic heterocycles. The Morgan fingerprint density at radius 3 is 2.70 bits per heavy atom. The minimum atomic E-state index is -0.575. The summed E-state index contributed by atoms with van der Waals surface area (Å²) in [6.07, 6.45) is 1.33. The Hall–Kier alpha value is -3.34. The molecule has 0 aliphatic carbocycles. The Morgan fingerprint density at radius 2 is 2.07 bits per heavy atom. The van der Waals surface area contributed by atoms with E-state index >= 15 is 0 Å².